The normalized spacial score (nSPS) is 27.5. The summed E-state index contributed by atoms with van der Waals surface area (Å²) in [6, 6.07) is 0. The molecule has 10 amide bonds. The summed E-state index contributed by atoms with van der Waals surface area (Å²) in [5.41, 5.74) is -0.623. The number of carbonyl (C=O) groups excluding carboxylic acids is 10. The molecule has 0 saturated heterocycles. The Morgan fingerprint density at radius 1 is 0.562 bits per heavy atom. The highest BCUT2D eigenvalue weighted by atomic mass is 32.2. The fourth-order valence-electron chi connectivity index (χ4n) is 14.9. The lowest BCUT2D eigenvalue weighted by atomic mass is 9.43. The number of imide groups is 3. The third kappa shape index (κ3) is 20.6. The topological polar surface area (TPSA) is 265 Å². The number of hydrogen-bond donors (Lipinski definition) is 4. The van der Waals surface area contributed by atoms with Crippen molar-refractivity contribution >= 4 is 94.5 Å². The van der Waals surface area contributed by atoms with Crippen LogP contribution in [0.1, 0.15) is 138 Å². The molecular weight excluding hydrogens is 1200 g/mol. The van der Waals surface area contributed by atoms with Gasteiger partial charge >= 0.3 is 6.09 Å². The number of nitrogens with zero attached hydrogens (tertiary/aromatic N) is 3. The van der Waals surface area contributed by atoms with Crippen LogP contribution in [0.25, 0.3) is 0 Å². The lowest BCUT2D eigenvalue weighted by Gasteiger charge is -2.65. The highest BCUT2D eigenvalue weighted by molar-refractivity contribution is 7.99. The van der Waals surface area contributed by atoms with E-state index in [4.69, 9.17) is 18.9 Å². The fraction of sp³-hybridized carbons (Fsp3) is 0.754. The molecule has 3 aliphatic heterocycles. The van der Waals surface area contributed by atoms with E-state index in [2.05, 4.69) is 42.0 Å². The van der Waals surface area contributed by atoms with Gasteiger partial charge in [0.15, 0.2) is 0 Å². The van der Waals surface area contributed by atoms with Gasteiger partial charge < -0.3 is 40.2 Å². The Kier molecular flexibility index (Phi) is 28.0. The van der Waals surface area contributed by atoms with Crippen LogP contribution in [-0.4, -0.2) is 198 Å². The molecule has 0 radical (unpaired) electrons. The molecule has 496 valence electrons. The Hall–Kier alpha value is -4.75. The molecule has 3 heterocycles. The van der Waals surface area contributed by atoms with Crippen LogP contribution in [0.2, 0.25) is 0 Å². The third-order valence-electron chi connectivity index (χ3n) is 19.3. The van der Waals surface area contributed by atoms with Crippen LogP contribution >= 0.6 is 35.3 Å². The molecule has 0 aromatic rings. The Balaban J connectivity index is 0.951. The zero-order valence-electron chi connectivity index (χ0n) is 53.4. The minimum atomic E-state index is -0.573. The van der Waals surface area contributed by atoms with Gasteiger partial charge in [-0.25, -0.2) is 4.79 Å². The van der Waals surface area contributed by atoms with Crippen LogP contribution in [0.15, 0.2) is 36.5 Å². The minimum absolute atomic E-state index is 0.0383. The van der Waals surface area contributed by atoms with Crippen molar-refractivity contribution in [1.82, 2.24) is 36.0 Å². The predicted octanol–water partition coefficient (Wildman–Crippen LogP) is 6.63. The SMILES string of the molecule is C[C@H](CCCNC(=O)OC(C)(C)C)[C@H]1CC[C@H]2[C@@H]3[C@H](OCCCSCCNC(=O)CCN4C(=O)C=CC4=O)C[C@@H]4C[C@H](OCCCSCCNC(=O)CCN5C(=O)C=CC5=O)CC[C@]4(C)[C@H]3C[C@H](OCCCSCCNC(=O)CCN3C(=O)C=CC3=O)[C@]12C. The van der Waals surface area contributed by atoms with Crippen molar-refractivity contribution in [2.45, 2.75) is 162 Å². The summed E-state index contributed by atoms with van der Waals surface area (Å²) in [6.45, 7) is 17.2. The maximum absolute atomic E-state index is 12.6. The first-order chi connectivity index (χ1) is 42.6. The minimum Gasteiger partial charge on any atom is -0.444 e. The molecule has 0 aromatic carbocycles. The number of thioether (sulfide) groups is 3. The van der Waals surface area contributed by atoms with Gasteiger partial charge in [-0.05, 0) is 156 Å². The lowest BCUT2D eigenvalue weighted by Crippen LogP contribution is -2.63. The second-order valence-corrected chi connectivity index (χ2v) is 30.0. The molecule has 24 heteroatoms. The summed E-state index contributed by atoms with van der Waals surface area (Å²) in [4.78, 5) is 125. The number of fused-ring (bicyclic) bond motifs is 5. The monoisotopic (exact) mass is 1300 g/mol. The average Bonchev–Trinajstić information content (AvgIpc) is 1.69. The zero-order valence-corrected chi connectivity index (χ0v) is 55.8. The number of carbonyl (C=O) groups is 10. The Morgan fingerprint density at radius 2 is 1.02 bits per heavy atom. The molecule has 89 heavy (non-hydrogen) atoms. The molecule has 0 unspecified atom stereocenters. The van der Waals surface area contributed by atoms with E-state index in [1.54, 1.807) is 35.3 Å². The lowest BCUT2D eigenvalue weighted by molar-refractivity contribution is -0.227. The van der Waals surface area contributed by atoms with Crippen LogP contribution in [0.4, 0.5) is 4.79 Å². The smallest absolute Gasteiger partial charge is 0.407 e. The molecule has 0 spiro atoms. The van der Waals surface area contributed by atoms with Gasteiger partial charge in [0.05, 0.1) is 18.3 Å². The number of rotatable bonds is 38. The number of hydrogen-bond acceptors (Lipinski definition) is 17. The van der Waals surface area contributed by atoms with E-state index >= 15 is 0 Å². The quantitative estimate of drug-likeness (QED) is 0.0373. The first-order valence-electron chi connectivity index (χ1n) is 32.5. The van der Waals surface area contributed by atoms with E-state index in [9.17, 15) is 47.9 Å². The van der Waals surface area contributed by atoms with Gasteiger partial charge in [0.1, 0.15) is 5.60 Å². The van der Waals surface area contributed by atoms with E-state index in [1.165, 1.54) is 36.5 Å². The van der Waals surface area contributed by atoms with Gasteiger partial charge in [0.2, 0.25) is 17.7 Å². The van der Waals surface area contributed by atoms with Gasteiger partial charge in [-0.2, -0.15) is 35.3 Å². The average molecular weight is 1300 g/mol. The van der Waals surface area contributed by atoms with Gasteiger partial charge in [0, 0.05) is 144 Å². The number of amides is 10. The number of ether oxygens (including phenoxy) is 4. The van der Waals surface area contributed by atoms with Crippen LogP contribution in [0.5, 0.6) is 0 Å². The summed E-state index contributed by atoms with van der Waals surface area (Å²) in [6.07, 6.45) is 19.0. The Bertz CT molecular complexity index is 2530. The summed E-state index contributed by atoms with van der Waals surface area (Å²) in [7, 11) is 0. The van der Waals surface area contributed by atoms with Crippen LogP contribution in [0, 0.1) is 46.3 Å². The van der Waals surface area contributed by atoms with E-state index < -0.39 is 35.3 Å². The highest BCUT2D eigenvalue weighted by Gasteiger charge is 2.66. The first kappa shape index (κ1) is 71.7. The zero-order chi connectivity index (χ0) is 64.1. The van der Waals surface area contributed by atoms with E-state index in [1.807, 2.05) is 20.8 Å². The first-order valence-corrected chi connectivity index (χ1v) is 36.0. The highest BCUT2D eigenvalue weighted by Crippen LogP contribution is 2.69. The maximum Gasteiger partial charge on any atom is 0.407 e. The maximum atomic E-state index is 12.6. The molecule has 4 aliphatic carbocycles. The fourth-order valence-corrected chi connectivity index (χ4v) is 17.2. The summed E-state index contributed by atoms with van der Waals surface area (Å²) in [5, 5.41) is 11.7. The van der Waals surface area contributed by atoms with Crippen molar-refractivity contribution < 1.29 is 66.9 Å². The van der Waals surface area contributed by atoms with Gasteiger partial charge in [-0.3, -0.25) is 57.9 Å². The van der Waals surface area contributed by atoms with Crippen molar-refractivity contribution in [1.29, 1.82) is 0 Å². The van der Waals surface area contributed by atoms with Crippen LogP contribution < -0.4 is 21.3 Å². The van der Waals surface area contributed by atoms with Crippen LogP contribution in [0.3, 0.4) is 0 Å². The van der Waals surface area contributed by atoms with Crippen molar-refractivity contribution in [3.8, 4) is 0 Å². The summed E-state index contributed by atoms with van der Waals surface area (Å²) in [5.74, 6) is 4.26. The second kappa shape index (κ2) is 34.8. The molecule has 11 atom stereocenters. The van der Waals surface area contributed by atoms with Crippen molar-refractivity contribution in [2.24, 2.45) is 46.3 Å². The van der Waals surface area contributed by atoms with Gasteiger partial charge in [-0.1, -0.05) is 20.8 Å². The van der Waals surface area contributed by atoms with E-state index in [-0.39, 0.29) is 97.6 Å². The molecule has 7 aliphatic rings. The predicted molar refractivity (Wildman–Crippen MR) is 344 cm³/mol. The second-order valence-electron chi connectivity index (χ2n) is 26.3. The molecular formula is C65H99N7O14S3. The Morgan fingerprint density at radius 3 is 1.49 bits per heavy atom. The van der Waals surface area contributed by atoms with Gasteiger partial charge in [-0.15, -0.1) is 0 Å². The molecule has 0 bridgehead atoms. The molecule has 4 saturated carbocycles. The third-order valence-corrected chi connectivity index (χ3v) is 22.6. The largest absolute Gasteiger partial charge is 0.444 e. The summed E-state index contributed by atoms with van der Waals surface area (Å²) < 4.78 is 26.8. The summed E-state index contributed by atoms with van der Waals surface area (Å²) >= 11 is 5.31. The molecule has 0 aromatic heterocycles. The molecule has 21 nitrogen and oxygen atoms in total. The number of alkyl carbamates (subject to hydrolysis) is 1. The van der Waals surface area contributed by atoms with Gasteiger partial charge in [0.25, 0.3) is 35.4 Å². The standard InChI is InChI=1S/C65H99N7O14S3/c1-44(11-7-25-69-62(82)86-63(2,3)4)47-12-13-48-61-49(43-51(65(47,48)6)85-34-10-37-89-40-28-68-54(75)23-31-72-59(80)18-19-60(72)81)64(5)24-20-46(83-32-8-35-87-38-26-66-52(73)21-29-70-55(76)14-15-56(70)77)41-45(64)42-50(61)84-33-9-36-88-39-27-67-53(74)22-30-71-57(78)16-17-58(71)79/h14-19,44-51,61H,7-13,20-43H2,1-6H3,(H,66,73)(H,67,74)(H,68,75)(H,69,82)/t44-,45+,46-,47-,48+,49+,50-,51+,61+,64+,65-/m1/s1. The number of nitrogens with one attached hydrogen (secondary N) is 4. The van der Waals surface area contributed by atoms with E-state index in [0.29, 0.717) is 81.5 Å². The molecule has 4 N–H and O–H groups in total. The van der Waals surface area contributed by atoms with Crippen molar-refractivity contribution in [3.05, 3.63) is 36.5 Å². The van der Waals surface area contributed by atoms with E-state index in [0.717, 1.165) is 126 Å². The van der Waals surface area contributed by atoms with Crippen molar-refractivity contribution in [3.63, 3.8) is 0 Å². The molecule has 7 rings (SSSR count). The van der Waals surface area contributed by atoms with Crippen LogP contribution in [-0.2, 0) is 62.1 Å². The molecule has 4 fully saturated rings. The van der Waals surface area contributed by atoms with Crippen molar-refractivity contribution in [2.75, 3.05) is 100 Å². The Labute approximate surface area is 539 Å².